The number of methoxy groups -OCH3 is 1. The highest BCUT2D eigenvalue weighted by Crippen LogP contribution is 2.34. The lowest BCUT2D eigenvalue weighted by atomic mass is 10.2. The maximum absolute atomic E-state index is 12.2. The lowest BCUT2D eigenvalue weighted by Crippen LogP contribution is -2.03. The number of hydrogen-bond acceptors (Lipinski definition) is 4. The van der Waals surface area contributed by atoms with Crippen molar-refractivity contribution in [1.82, 2.24) is 4.98 Å². The van der Waals surface area contributed by atoms with Gasteiger partial charge in [-0.25, -0.2) is 4.98 Å². The van der Waals surface area contributed by atoms with Gasteiger partial charge in [-0.05, 0) is 0 Å². The van der Waals surface area contributed by atoms with Gasteiger partial charge < -0.3 is 9.84 Å². The first-order valence-corrected chi connectivity index (χ1v) is 4.96. The molecular weight excluding hydrogens is 231 g/mol. The average molecular weight is 241 g/mol. The number of nitrogens with zero attached hydrogens (tertiary/aromatic N) is 1. The second-order valence-electron chi connectivity index (χ2n) is 2.86. The fraction of sp³-hybridized carbons (Fsp3) is 0.625. The molecule has 0 aliphatic carbocycles. The smallest absolute Gasteiger partial charge is 0.387 e. The Morgan fingerprint density at radius 2 is 2.27 bits per heavy atom. The molecule has 0 bridgehead atoms. The lowest BCUT2D eigenvalue weighted by molar-refractivity contribution is -0.137. The molecule has 0 aromatic carbocycles. The molecule has 1 heterocycles. The zero-order valence-corrected chi connectivity index (χ0v) is 8.73. The minimum atomic E-state index is -4.44. The molecule has 1 atom stereocenters. The van der Waals surface area contributed by atoms with Gasteiger partial charge in [-0.15, -0.1) is 11.3 Å². The van der Waals surface area contributed by atoms with Gasteiger partial charge in [-0.2, -0.15) is 13.2 Å². The molecular formula is C8H10F3NO2S. The summed E-state index contributed by atoms with van der Waals surface area (Å²) in [6, 6.07) is 0. The van der Waals surface area contributed by atoms with Crippen LogP contribution in [0.2, 0.25) is 0 Å². The first-order valence-electron chi connectivity index (χ1n) is 4.15. The van der Waals surface area contributed by atoms with Gasteiger partial charge in [-0.3, -0.25) is 0 Å². The van der Waals surface area contributed by atoms with Crippen molar-refractivity contribution in [2.45, 2.75) is 18.7 Å². The second kappa shape index (κ2) is 4.91. The normalized spacial score (nSPS) is 14.2. The Kier molecular flexibility index (Phi) is 4.06. The van der Waals surface area contributed by atoms with Crippen LogP contribution in [0.1, 0.15) is 22.4 Å². The minimum absolute atomic E-state index is 0.208. The van der Waals surface area contributed by atoms with Crippen LogP contribution in [0, 0.1) is 0 Å². The van der Waals surface area contributed by atoms with Crippen molar-refractivity contribution in [2.75, 3.05) is 13.7 Å². The van der Waals surface area contributed by atoms with Crippen molar-refractivity contribution in [3.63, 3.8) is 0 Å². The van der Waals surface area contributed by atoms with Gasteiger partial charge in [0.05, 0.1) is 11.0 Å². The first kappa shape index (κ1) is 12.4. The Morgan fingerprint density at radius 3 is 2.73 bits per heavy atom. The van der Waals surface area contributed by atoms with Crippen molar-refractivity contribution in [3.05, 3.63) is 16.1 Å². The number of hydrogen-bond donors (Lipinski definition) is 1. The molecule has 1 N–H and O–H groups in total. The van der Waals surface area contributed by atoms with Gasteiger partial charge in [0.1, 0.15) is 0 Å². The maximum Gasteiger partial charge on any atom is 0.443 e. The molecule has 0 saturated heterocycles. The lowest BCUT2D eigenvalue weighted by Gasteiger charge is -2.06. The number of rotatable bonds is 4. The minimum Gasteiger partial charge on any atom is -0.387 e. The van der Waals surface area contributed by atoms with E-state index in [1.54, 1.807) is 0 Å². The molecule has 0 saturated carbocycles. The number of aliphatic hydroxyl groups excluding tert-OH is 1. The van der Waals surface area contributed by atoms with Crippen LogP contribution in [0.4, 0.5) is 13.2 Å². The van der Waals surface area contributed by atoms with Crippen LogP contribution in [0.25, 0.3) is 0 Å². The van der Waals surface area contributed by atoms with Crippen LogP contribution >= 0.6 is 11.3 Å². The predicted molar refractivity (Wildman–Crippen MR) is 48.6 cm³/mol. The van der Waals surface area contributed by atoms with Gasteiger partial charge >= 0.3 is 6.18 Å². The molecule has 0 fully saturated rings. The molecule has 0 amide bonds. The quantitative estimate of drug-likeness (QED) is 0.879. The summed E-state index contributed by atoms with van der Waals surface area (Å²) in [6.07, 6.45) is -4.08. The van der Waals surface area contributed by atoms with Crippen LogP contribution in [-0.4, -0.2) is 23.8 Å². The molecule has 1 aromatic rings. The van der Waals surface area contributed by atoms with Gasteiger partial charge in [0, 0.05) is 26.3 Å². The van der Waals surface area contributed by atoms with Crippen LogP contribution < -0.4 is 0 Å². The van der Waals surface area contributed by atoms with Crippen LogP contribution in [-0.2, 0) is 10.9 Å². The number of aromatic nitrogens is 1. The highest BCUT2D eigenvalue weighted by atomic mass is 32.1. The molecule has 1 unspecified atom stereocenters. The molecule has 15 heavy (non-hydrogen) atoms. The fourth-order valence-electron chi connectivity index (χ4n) is 0.943. The Hall–Kier alpha value is -0.660. The van der Waals surface area contributed by atoms with E-state index in [0.717, 1.165) is 6.20 Å². The maximum atomic E-state index is 12.2. The number of ether oxygens (including phenoxy) is 1. The third kappa shape index (κ3) is 3.44. The van der Waals surface area contributed by atoms with E-state index in [0.29, 0.717) is 17.9 Å². The molecule has 0 radical (unpaired) electrons. The molecule has 0 aliphatic rings. The van der Waals surface area contributed by atoms with E-state index < -0.39 is 17.3 Å². The zero-order valence-electron chi connectivity index (χ0n) is 7.91. The Balaban J connectivity index is 2.67. The Morgan fingerprint density at radius 1 is 1.60 bits per heavy atom. The monoisotopic (exact) mass is 241 g/mol. The van der Waals surface area contributed by atoms with E-state index in [4.69, 9.17) is 4.74 Å². The average Bonchev–Trinajstić information content (AvgIpc) is 2.62. The fourth-order valence-corrected chi connectivity index (χ4v) is 1.75. The summed E-state index contributed by atoms with van der Waals surface area (Å²) in [5, 5.41) is 8.52. The van der Waals surface area contributed by atoms with Crippen molar-refractivity contribution < 1.29 is 23.0 Å². The number of thiazole rings is 1. The molecule has 0 spiro atoms. The summed E-state index contributed by atoms with van der Waals surface area (Å²) in [7, 11) is 1.46. The second-order valence-corrected chi connectivity index (χ2v) is 3.93. The van der Waals surface area contributed by atoms with E-state index in [1.165, 1.54) is 7.11 Å². The summed E-state index contributed by atoms with van der Waals surface area (Å²) in [5.41, 5.74) is 0. The summed E-state index contributed by atoms with van der Waals surface area (Å²) < 4.78 is 41.2. The molecule has 0 aliphatic heterocycles. The van der Waals surface area contributed by atoms with Crippen LogP contribution in [0.5, 0.6) is 0 Å². The van der Waals surface area contributed by atoms with Crippen LogP contribution in [0.15, 0.2) is 6.20 Å². The third-order valence-electron chi connectivity index (χ3n) is 1.69. The first-order chi connectivity index (χ1) is 6.95. The number of halogens is 3. The van der Waals surface area contributed by atoms with Gasteiger partial charge in [0.15, 0.2) is 5.01 Å². The highest BCUT2D eigenvalue weighted by Gasteiger charge is 2.35. The summed E-state index contributed by atoms with van der Waals surface area (Å²) in [4.78, 5) is 3.42. The highest BCUT2D eigenvalue weighted by molar-refractivity contribution is 7.11. The van der Waals surface area contributed by atoms with Gasteiger partial charge in [-0.1, -0.05) is 0 Å². The van der Waals surface area contributed by atoms with Crippen molar-refractivity contribution in [3.8, 4) is 0 Å². The Bertz CT molecular complexity index is 313. The van der Waals surface area contributed by atoms with E-state index in [9.17, 15) is 18.3 Å². The molecule has 3 nitrogen and oxygen atoms in total. The number of aliphatic hydroxyl groups is 1. The summed E-state index contributed by atoms with van der Waals surface area (Å²) in [5.74, 6) is 0. The largest absolute Gasteiger partial charge is 0.443 e. The van der Waals surface area contributed by atoms with Crippen molar-refractivity contribution >= 4 is 11.3 Å². The summed E-state index contributed by atoms with van der Waals surface area (Å²) >= 11 is 0.457. The molecule has 86 valence electrons. The zero-order chi connectivity index (χ0) is 11.5. The summed E-state index contributed by atoms with van der Waals surface area (Å²) in [6.45, 7) is 0.292. The topological polar surface area (TPSA) is 42.4 Å². The van der Waals surface area contributed by atoms with Crippen molar-refractivity contribution in [1.29, 1.82) is 0 Å². The van der Waals surface area contributed by atoms with Crippen LogP contribution in [0.3, 0.4) is 0 Å². The standard InChI is InChI=1S/C8H10F3NO2S/c1-14-3-2-5(13)6-4-12-7(15-6)8(9,10)11/h4-5,13H,2-3H2,1H3. The van der Waals surface area contributed by atoms with Gasteiger partial charge in [0.2, 0.25) is 0 Å². The van der Waals surface area contributed by atoms with Crippen molar-refractivity contribution in [2.24, 2.45) is 0 Å². The van der Waals surface area contributed by atoms with Gasteiger partial charge in [0.25, 0.3) is 0 Å². The molecule has 1 aromatic heterocycles. The Labute approximate surface area is 88.5 Å². The van der Waals surface area contributed by atoms with E-state index in [2.05, 4.69) is 4.98 Å². The predicted octanol–water partition coefficient (Wildman–Crippen LogP) is 2.23. The molecule has 7 heteroatoms. The molecule has 1 rings (SSSR count). The van der Waals surface area contributed by atoms with E-state index >= 15 is 0 Å². The van der Waals surface area contributed by atoms with E-state index in [1.807, 2.05) is 0 Å². The number of alkyl halides is 3. The third-order valence-corrected chi connectivity index (χ3v) is 2.83. The SMILES string of the molecule is COCCC(O)c1cnc(C(F)(F)F)s1. The van der Waals surface area contributed by atoms with E-state index in [-0.39, 0.29) is 11.3 Å².